The number of esters is 1. The highest BCUT2D eigenvalue weighted by Gasteiger charge is 2.19. The van der Waals surface area contributed by atoms with Gasteiger partial charge in [0, 0.05) is 17.5 Å². The van der Waals surface area contributed by atoms with Crippen molar-refractivity contribution in [2.45, 2.75) is 20.4 Å². The van der Waals surface area contributed by atoms with Crippen LogP contribution in [0.2, 0.25) is 0 Å². The standard InChI is InChI=1S/C19H19N3O3S/c1-3-25-19(24)18-15(20-12-14-8-6-10-26-14)11-17(23)22(21-18)16-9-5-4-7-13(16)2/h4-11,20H,3,12H2,1-2H3. The highest BCUT2D eigenvalue weighted by molar-refractivity contribution is 7.09. The lowest BCUT2D eigenvalue weighted by molar-refractivity contribution is 0.0518. The first-order valence-electron chi connectivity index (χ1n) is 8.24. The van der Waals surface area contributed by atoms with Crippen molar-refractivity contribution in [3.8, 4) is 5.69 Å². The molecule has 2 aromatic heterocycles. The van der Waals surface area contributed by atoms with Gasteiger partial charge < -0.3 is 10.1 Å². The van der Waals surface area contributed by atoms with Crippen LogP contribution in [0.25, 0.3) is 5.69 Å². The van der Waals surface area contributed by atoms with Gasteiger partial charge in [0.1, 0.15) is 0 Å². The van der Waals surface area contributed by atoms with Gasteiger partial charge in [-0.25, -0.2) is 4.79 Å². The lowest BCUT2D eigenvalue weighted by Gasteiger charge is -2.13. The number of nitrogens with zero attached hydrogens (tertiary/aromatic N) is 2. The summed E-state index contributed by atoms with van der Waals surface area (Å²) in [5.74, 6) is -0.566. The second-order valence-electron chi connectivity index (χ2n) is 5.60. The van der Waals surface area contributed by atoms with Crippen LogP contribution in [-0.4, -0.2) is 22.4 Å². The number of hydrogen-bond acceptors (Lipinski definition) is 6. The Labute approximate surface area is 155 Å². The van der Waals surface area contributed by atoms with Crippen LogP contribution >= 0.6 is 11.3 Å². The molecule has 0 spiro atoms. The van der Waals surface area contributed by atoms with E-state index in [2.05, 4.69) is 10.4 Å². The molecule has 134 valence electrons. The fraction of sp³-hybridized carbons (Fsp3) is 0.211. The summed E-state index contributed by atoms with van der Waals surface area (Å²) in [5, 5.41) is 9.39. The second kappa shape index (κ2) is 7.97. The SMILES string of the molecule is CCOC(=O)c1nn(-c2ccccc2C)c(=O)cc1NCc1cccs1. The molecule has 1 N–H and O–H groups in total. The summed E-state index contributed by atoms with van der Waals surface area (Å²) >= 11 is 1.59. The number of carbonyl (C=O) groups excluding carboxylic acids is 1. The maximum absolute atomic E-state index is 12.6. The molecule has 0 saturated heterocycles. The van der Waals surface area contributed by atoms with Crippen molar-refractivity contribution in [3.63, 3.8) is 0 Å². The molecule has 0 aliphatic heterocycles. The molecule has 3 aromatic rings. The van der Waals surface area contributed by atoms with Crippen LogP contribution in [0.5, 0.6) is 0 Å². The Morgan fingerprint density at radius 1 is 1.27 bits per heavy atom. The molecule has 0 bridgehead atoms. The summed E-state index contributed by atoms with van der Waals surface area (Å²) in [4.78, 5) is 26.1. The first kappa shape index (κ1) is 17.9. The van der Waals surface area contributed by atoms with Crippen molar-refractivity contribution in [2.24, 2.45) is 0 Å². The van der Waals surface area contributed by atoms with E-state index in [0.29, 0.717) is 17.9 Å². The number of thiophene rings is 1. The fourth-order valence-electron chi connectivity index (χ4n) is 2.51. The van der Waals surface area contributed by atoms with Gasteiger partial charge in [0.25, 0.3) is 5.56 Å². The van der Waals surface area contributed by atoms with E-state index < -0.39 is 5.97 Å². The van der Waals surface area contributed by atoms with Gasteiger partial charge in [0.05, 0.1) is 18.0 Å². The topological polar surface area (TPSA) is 73.2 Å². The predicted molar refractivity (Wildman–Crippen MR) is 102 cm³/mol. The Morgan fingerprint density at radius 2 is 2.08 bits per heavy atom. The first-order chi connectivity index (χ1) is 12.6. The number of ether oxygens (including phenoxy) is 1. The van der Waals surface area contributed by atoms with E-state index >= 15 is 0 Å². The minimum atomic E-state index is -0.566. The highest BCUT2D eigenvalue weighted by Crippen LogP contribution is 2.17. The van der Waals surface area contributed by atoms with Gasteiger partial charge >= 0.3 is 5.97 Å². The number of carbonyl (C=O) groups is 1. The molecule has 0 unspecified atom stereocenters. The highest BCUT2D eigenvalue weighted by atomic mass is 32.1. The Morgan fingerprint density at radius 3 is 2.77 bits per heavy atom. The maximum atomic E-state index is 12.6. The van der Waals surface area contributed by atoms with E-state index in [0.717, 1.165) is 10.4 Å². The van der Waals surface area contributed by atoms with Crippen molar-refractivity contribution in [3.05, 3.63) is 74.3 Å². The third-order valence-corrected chi connectivity index (χ3v) is 4.65. The van der Waals surface area contributed by atoms with Crippen LogP contribution in [0.4, 0.5) is 5.69 Å². The van der Waals surface area contributed by atoms with E-state index in [-0.39, 0.29) is 17.9 Å². The molecule has 26 heavy (non-hydrogen) atoms. The normalized spacial score (nSPS) is 10.5. The van der Waals surface area contributed by atoms with Gasteiger partial charge in [-0.1, -0.05) is 24.3 Å². The second-order valence-corrected chi connectivity index (χ2v) is 6.63. The van der Waals surface area contributed by atoms with Crippen molar-refractivity contribution in [2.75, 3.05) is 11.9 Å². The number of aryl methyl sites for hydroxylation is 1. The molecule has 7 heteroatoms. The lowest BCUT2D eigenvalue weighted by Crippen LogP contribution is -2.26. The molecule has 2 heterocycles. The maximum Gasteiger partial charge on any atom is 0.360 e. The monoisotopic (exact) mass is 369 g/mol. The van der Waals surface area contributed by atoms with Crippen LogP contribution in [0.15, 0.2) is 52.6 Å². The van der Waals surface area contributed by atoms with E-state index in [1.807, 2.05) is 42.6 Å². The smallest absolute Gasteiger partial charge is 0.360 e. The molecule has 3 rings (SSSR count). The Balaban J connectivity index is 2.03. The Hall–Kier alpha value is -2.93. The van der Waals surface area contributed by atoms with Gasteiger partial charge in [-0.15, -0.1) is 11.3 Å². The number of rotatable bonds is 6. The number of anilines is 1. The molecule has 0 fully saturated rings. The number of hydrogen-bond donors (Lipinski definition) is 1. The summed E-state index contributed by atoms with van der Waals surface area (Å²) in [6.07, 6.45) is 0. The summed E-state index contributed by atoms with van der Waals surface area (Å²) in [5.41, 5.74) is 1.66. The molecular weight excluding hydrogens is 350 g/mol. The van der Waals surface area contributed by atoms with Crippen LogP contribution in [0.1, 0.15) is 27.9 Å². The molecule has 6 nitrogen and oxygen atoms in total. The average molecular weight is 369 g/mol. The van der Waals surface area contributed by atoms with E-state index in [4.69, 9.17) is 4.74 Å². The van der Waals surface area contributed by atoms with Crippen molar-refractivity contribution >= 4 is 23.0 Å². The number of benzene rings is 1. The molecule has 0 atom stereocenters. The minimum absolute atomic E-state index is 0.0891. The van der Waals surface area contributed by atoms with E-state index in [9.17, 15) is 9.59 Å². The largest absolute Gasteiger partial charge is 0.461 e. The van der Waals surface area contributed by atoms with Crippen LogP contribution in [0.3, 0.4) is 0 Å². The molecule has 0 radical (unpaired) electrons. The van der Waals surface area contributed by atoms with Gasteiger partial charge in [0.15, 0.2) is 5.69 Å². The van der Waals surface area contributed by atoms with Crippen molar-refractivity contribution in [1.29, 1.82) is 0 Å². The minimum Gasteiger partial charge on any atom is -0.461 e. The van der Waals surface area contributed by atoms with Crippen LogP contribution < -0.4 is 10.9 Å². The van der Waals surface area contributed by atoms with Crippen molar-refractivity contribution in [1.82, 2.24) is 9.78 Å². The zero-order valence-electron chi connectivity index (χ0n) is 14.6. The van der Waals surface area contributed by atoms with Gasteiger partial charge in [-0.3, -0.25) is 4.79 Å². The predicted octanol–water partition coefficient (Wildman–Crippen LogP) is 3.39. The first-order valence-corrected chi connectivity index (χ1v) is 9.12. The quantitative estimate of drug-likeness (QED) is 0.674. The lowest BCUT2D eigenvalue weighted by atomic mass is 10.2. The Bertz CT molecular complexity index is 964. The molecule has 1 aromatic carbocycles. The zero-order valence-corrected chi connectivity index (χ0v) is 15.4. The summed E-state index contributed by atoms with van der Waals surface area (Å²) in [6, 6.07) is 12.7. The van der Waals surface area contributed by atoms with Crippen LogP contribution in [-0.2, 0) is 11.3 Å². The van der Waals surface area contributed by atoms with Gasteiger partial charge in [-0.2, -0.15) is 9.78 Å². The molecule has 0 saturated carbocycles. The average Bonchev–Trinajstić information content (AvgIpc) is 3.14. The molecular formula is C19H19N3O3S. The van der Waals surface area contributed by atoms with Crippen molar-refractivity contribution < 1.29 is 9.53 Å². The summed E-state index contributed by atoms with van der Waals surface area (Å²) < 4.78 is 6.35. The summed E-state index contributed by atoms with van der Waals surface area (Å²) in [7, 11) is 0. The molecule has 0 amide bonds. The third kappa shape index (κ3) is 3.83. The van der Waals surface area contributed by atoms with Gasteiger partial charge in [-0.05, 0) is 36.9 Å². The Kier molecular flexibility index (Phi) is 5.48. The van der Waals surface area contributed by atoms with Gasteiger partial charge in [0.2, 0.25) is 0 Å². The number of para-hydroxylation sites is 1. The number of nitrogens with one attached hydrogen (secondary N) is 1. The molecule has 0 aliphatic rings. The zero-order chi connectivity index (χ0) is 18.5. The fourth-order valence-corrected chi connectivity index (χ4v) is 3.15. The number of aromatic nitrogens is 2. The summed E-state index contributed by atoms with van der Waals surface area (Å²) in [6.45, 7) is 4.35. The van der Waals surface area contributed by atoms with E-state index in [1.165, 1.54) is 10.7 Å². The van der Waals surface area contributed by atoms with Crippen LogP contribution in [0, 0.1) is 6.92 Å². The third-order valence-electron chi connectivity index (χ3n) is 3.78. The molecule has 0 aliphatic carbocycles. The van der Waals surface area contributed by atoms with E-state index in [1.54, 1.807) is 24.3 Å².